The first kappa shape index (κ1) is 21.4. The lowest BCUT2D eigenvalue weighted by Gasteiger charge is -2.09. The minimum absolute atomic E-state index is 0.0430. The highest BCUT2D eigenvalue weighted by Gasteiger charge is 2.29. The molecule has 0 saturated heterocycles. The summed E-state index contributed by atoms with van der Waals surface area (Å²) in [6.45, 7) is 0. The maximum atomic E-state index is 12.3. The zero-order chi connectivity index (χ0) is 20.9. The maximum absolute atomic E-state index is 12.3. The molecular formula is C19H13ClF3N3OS2. The number of amides is 2. The molecule has 0 radical (unpaired) electrons. The first-order valence-electron chi connectivity index (χ1n) is 8.10. The van der Waals surface area contributed by atoms with Crippen molar-refractivity contribution < 1.29 is 18.0 Å². The summed E-state index contributed by atoms with van der Waals surface area (Å²) in [5.74, 6) is 0. The van der Waals surface area contributed by atoms with E-state index in [1.807, 2.05) is 12.1 Å². The van der Waals surface area contributed by atoms with E-state index < -0.39 is 11.5 Å². The molecule has 0 bridgehead atoms. The van der Waals surface area contributed by atoms with Gasteiger partial charge in [0, 0.05) is 20.5 Å². The molecule has 29 heavy (non-hydrogen) atoms. The van der Waals surface area contributed by atoms with E-state index in [9.17, 15) is 18.0 Å². The largest absolute Gasteiger partial charge is 0.446 e. The number of urea groups is 1. The van der Waals surface area contributed by atoms with E-state index in [-0.39, 0.29) is 16.7 Å². The van der Waals surface area contributed by atoms with Gasteiger partial charge in [0.05, 0.1) is 11.9 Å². The lowest BCUT2D eigenvalue weighted by molar-refractivity contribution is -0.0328. The number of carbonyl (C=O) groups excluding carboxylic acids is 1. The molecule has 2 amide bonds. The number of carbonyl (C=O) groups is 1. The second-order valence-electron chi connectivity index (χ2n) is 5.59. The van der Waals surface area contributed by atoms with E-state index in [1.165, 1.54) is 42.2 Å². The lowest BCUT2D eigenvalue weighted by Crippen LogP contribution is -2.19. The standard InChI is InChI=1S/C19H13ClF3N3OS2/c20-12-1-6-15(7-2-12)28-17-10-5-14(11-24-17)26-18(27)25-13-3-8-16(9-4-13)29-19(21,22)23/h1-11H,(H2,25,26,27). The summed E-state index contributed by atoms with van der Waals surface area (Å²) < 4.78 is 37.0. The molecule has 0 saturated carbocycles. The van der Waals surface area contributed by atoms with Crippen molar-refractivity contribution in [2.45, 2.75) is 20.3 Å². The highest BCUT2D eigenvalue weighted by molar-refractivity contribution is 8.00. The molecule has 0 atom stereocenters. The molecule has 0 aliphatic heterocycles. The molecule has 0 unspecified atom stereocenters. The number of hydrogen-bond donors (Lipinski definition) is 2. The fraction of sp³-hybridized carbons (Fsp3) is 0.0526. The van der Waals surface area contributed by atoms with Crippen molar-refractivity contribution in [2.75, 3.05) is 10.6 Å². The van der Waals surface area contributed by atoms with E-state index in [0.29, 0.717) is 16.4 Å². The molecule has 0 spiro atoms. The summed E-state index contributed by atoms with van der Waals surface area (Å²) in [7, 11) is 0. The average Bonchev–Trinajstić information content (AvgIpc) is 2.66. The molecule has 0 aliphatic carbocycles. The van der Waals surface area contributed by atoms with Crippen molar-refractivity contribution in [1.82, 2.24) is 4.98 Å². The number of halogens is 4. The van der Waals surface area contributed by atoms with E-state index >= 15 is 0 Å². The Morgan fingerprint density at radius 3 is 2.03 bits per heavy atom. The van der Waals surface area contributed by atoms with Crippen molar-refractivity contribution in [1.29, 1.82) is 0 Å². The van der Waals surface area contributed by atoms with Crippen LogP contribution < -0.4 is 10.6 Å². The van der Waals surface area contributed by atoms with Crippen LogP contribution in [0.3, 0.4) is 0 Å². The topological polar surface area (TPSA) is 54.0 Å². The van der Waals surface area contributed by atoms with Gasteiger partial charge in [-0.05, 0) is 72.4 Å². The minimum atomic E-state index is -4.35. The van der Waals surface area contributed by atoms with Crippen molar-refractivity contribution >= 4 is 52.5 Å². The van der Waals surface area contributed by atoms with Crippen molar-refractivity contribution in [3.05, 3.63) is 71.9 Å². The maximum Gasteiger partial charge on any atom is 0.446 e. The molecule has 2 N–H and O–H groups in total. The van der Waals surface area contributed by atoms with Gasteiger partial charge in [-0.15, -0.1) is 0 Å². The first-order valence-corrected chi connectivity index (χ1v) is 10.1. The number of aromatic nitrogens is 1. The molecule has 2 aromatic carbocycles. The molecule has 0 aliphatic rings. The highest BCUT2D eigenvalue weighted by atomic mass is 35.5. The van der Waals surface area contributed by atoms with Gasteiger partial charge >= 0.3 is 11.5 Å². The smallest absolute Gasteiger partial charge is 0.308 e. The number of nitrogens with zero attached hydrogens (tertiary/aromatic N) is 1. The lowest BCUT2D eigenvalue weighted by atomic mass is 10.3. The molecule has 0 fully saturated rings. The summed E-state index contributed by atoms with van der Waals surface area (Å²) in [4.78, 5) is 17.4. The van der Waals surface area contributed by atoms with Gasteiger partial charge < -0.3 is 10.6 Å². The molecule has 4 nitrogen and oxygen atoms in total. The fourth-order valence-electron chi connectivity index (χ4n) is 2.17. The van der Waals surface area contributed by atoms with Crippen LogP contribution in [-0.2, 0) is 0 Å². The molecule has 150 valence electrons. The van der Waals surface area contributed by atoms with Gasteiger partial charge in [-0.2, -0.15) is 13.2 Å². The Bertz CT molecular complexity index is 966. The Labute approximate surface area is 178 Å². The highest BCUT2D eigenvalue weighted by Crippen LogP contribution is 2.37. The third-order valence-electron chi connectivity index (χ3n) is 3.38. The number of benzene rings is 2. The van der Waals surface area contributed by atoms with Gasteiger partial charge in [0.25, 0.3) is 0 Å². The van der Waals surface area contributed by atoms with E-state index in [1.54, 1.807) is 24.3 Å². The predicted octanol–water partition coefficient (Wildman–Crippen LogP) is 7.14. The molecule has 3 rings (SSSR count). The summed E-state index contributed by atoms with van der Waals surface area (Å²) in [5.41, 5.74) is -3.50. The second-order valence-corrected chi connectivity index (χ2v) is 8.26. The average molecular weight is 456 g/mol. The van der Waals surface area contributed by atoms with Gasteiger partial charge in [0.2, 0.25) is 0 Å². The Balaban J connectivity index is 1.53. The zero-order valence-corrected chi connectivity index (χ0v) is 16.9. The van der Waals surface area contributed by atoms with Crippen molar-refractivity contribution in [3.63, 3.8) is 0 Å². The summed E-state index contributed by atoms with van der Waals surface area (Å²) in [6, 6.07) is 15.7. The summed E-state index contributed by atoms with van der Waals surface area (Å²) in [5, 5.41) is 6.57. The van der Waals surface area contributed by atoms with Crippen LogP contribution in [0.15, 0.2) is 81.7 Å². The zero-order valence-electron chi connectivity index (χ0n) is 14.5. The number of rotatable bonds is 5. The number of anilines is 2. The number of nitrogens with one attached hydrogen (secondary N) is 2. The monoisotopic (exact) mass is 455 g/mol. The fourth-order valence-corrected chi connectivity index (χ4v) is 3.59. The van der Waals surface area contributed by atoms with Crippen LogP contribution in [0.25, 0.3) is 0 Å². The quantitative estimate of drug-likeness (QED) is 0.401. The third-order valence-corrected chi connectivity index (χ3v) is 5.33. The molecule has 1 heterocycles. The number of hydrogen-bond acceptors (Lipinski definition) is 4. The van der Waals surface area contributed by atoms with Gasteiger partial charge in [0.15, 0.2) is 0 Å². The van der Waals surface area contributed by atoms with Crippen molar-refractivity contribution in [2.24, 2.45) is 0 Å². The van der Waals surface area contributed by atoms with Crippen LogP contribution in [0.2, 0.25) is 5.02 Å². The van der Waals surface area contributed by atoms with E-state index in [2.05, 4.69) is 15.6 Å². The van der Waals surface area contributed by atoms with E-state index in [0.717, 1.165) is 9.92 Å². The van der Waals surface area contributed by atoms with Crippen molar-refractivity contribution in [3.8, 4) is 0 Å². The number of thioether (sulfide) groups is 1. The number of alkyl halides is 3. The van der Waals surface area contributed by atoms with Crippen LogP contribution in [0.1, 0.15) is 0 Å². The van der Waals surface area contributed by atoms with Gasteiger partial charge in [-0.3, -0.25) is 0 Å². The predicted molar refractivity (Wildman–Crippen MR) is 111 cm³/mol. The van der Waals surface area contributed by atoms with Crippen LogP contribution in [0.4, 0.5) is 29.3 Å². The third kappa shape index (κ3) is 7.19. The van der Waals surface area contributed by atoms with Crippen LogP contribution in [0, 0.1) is 0 Å². The van der Waals surface area contributed by atoms with Crippen LogP contribution >= 0.6 is 35.1 Å². The first-order chi connectivity index (χ1) is 13.8. The Hall–Kier alpha value is -2.36. The Morgan fingerprint density at radius 1 is 0.862 bits per heavy atom. The number of pyridine rings is 1. The van der Waals surface area contributed by atoms with E-state index in [4.69, 9.17) is 11.6 Å². The van der Waals surface area contributed by atoms with Gasteiger partial charge in [0.1, 0.15) is 5.03 Å². The Kier molecular flexibility index (Phi) is 6.94. The summed E-state index contributed by atoms with van der Waals surface area (Å²) in [6.07, 6.45) is 1.51. The Morgan fingerprint density at radius 2 is 1.45 bits per heavy atom. The molecular weight excluding hydrogens is 443 g/mol. The van der Waals surface area contributed by atoms with Gasteiger partial charge in [-0.1, -0.05) is 23.4 Å². The normalized spacial score (nSPS) is 11.2. The van der Waals surface area contributed by atoms with Gasteiger partial charge in [-0.25, -0.2) is 9.78 Å². The SMILES string of the molecule is O=C(Nc1ccc(SC(F)(F)F)cc1)Nc1ccc(Sc2ccc(Cl)cc2)nc1. The van der Waals surface area contributed by atoms with Crippen LogP contribution in [-0.4, -0.2) is 16.5 Å². The molecule has 10 heteroatoms. The summed E-state index contributed by atoms with van der Waals surface area (Å²) >= 11 is 7.10. The molecule has 1 aromatic heterocycles. The molecule has 3 aromatic rings. The minimum Gasteiger partial charge on any atom is -0.308 e. The van der Waals surface area contributed by atoms with Crippen LogP contribution in [0.5, 0.6) is 0 Å². The second kappa shape index (κ2) is 9.43.